The summed E-state index contributed by atoms with van der Waals surface area (Å²) in [4.78, 5) is 20.3. The van der Waals surface area contributed by atoms with Crippen molar-refractivity contribution in [3.05, 3.63) is 48.0 Å². The Morgan fingerprint density at radius 2 is 1.75 bits per heavy atom. The minimum absolute atomic E-state index is 0.0562. The van der Waals surface area contributed by atoms with E-state index in [0.29, 0.717) is 10.7 Å². The molecule has 0 unspecified atom stereocenters. The van der Waals surface area contributed by atoms with E-state index in [0.717, 1.165) is 22.5 Å². The number of Topliss-reactive ketones (excluding diaryl/α,β-unsaturated/α-hetero) is 1. The van der Waals surface area contributed by atoms with E-state index in [1.54, 1.807) is 38.5 Å². The number of methoxy groups -OCH3 is 2. The van der Waals surface area contributed by atoms with Crippen molar-refractivity contribution in [1.82, 2.24) is 9.97 Å². The minimum Gasteiger partial charge on any atom is -0.497 e. The summed E-state index contributed by atoms with van der Waals surface area (Å²) >= 11 is 1.41. The first-order chi connectivity index (χ1) is 11.6. The van der Waals surface area contributed by atoms with E-state index in [1.807, 2.05) is 25.1 Å². The summed E-state index contributed by atoms with van der Waals surface area (Å²) < 4.78 is 10.3. The molecule has 1 aromatic heterocycles. The Labute approximate surface area is 144 Å². The number of H-pyrrole nitrogens is 1. The van der Waals surface area contributed by atoms with Crippen molar-refractivity contribution >= 4 is 28.6 Å². The van der Waals surface area contributed by atoms with Crippen LogP contribution in [0.15, 0.2) is 47.6 Å². The van der Waals surface area contributed by atoms with Crippen LogP contribution in [0.3, 0.4) is 0 Å². The zero-order valence-electron chi connectivity index (χ0n) is 13.7. The van der Waals surface area contributed by atoms with Gasteiger partial charge in [0.2, 0.25) is 0 Å². The molecule has 0 saturated carbocycles. The second-order valence-electron chi connectivity index (χ2n) is 5.28. The highest BCUT2D eigenvalue weighted by molar-refractivity contribution is 8.00. The fraction of sp³-hybridized carbons (Fsp3) is 0.222. The molecule has 1 N–H and O–H groups in total. The number of nitrogens with one attached hydrogen (secondary N) is 1. The molecular weight excluding hydrogens is 324 g/mol. The minimum atomic E-state index is -0.249. The highest BCUT2D eigenvalue weighted by Gasteiger charge is 2.18. The number of carbonyl (C=O) groups excluding carboxylic acids is 1. The van der Waals surface area contributed by atoms with Crippen LogP contribution in [-0.2, 0) is 0 Å². The molecule has 0 aliphatic heterocycles. The van der Waals surface area contributed by atoms with Gasteiger partial charge in [-0.25, -0.2) is 4.98 Å². The van der Waals surface area contributed by atoms with E-state index < -0.39 is 0 Å². The fourth-order valence-corrected chi connectivity index (χ4v) is 3.26. The highest BCUT2D eigenvalue weighted by Crippen LogP contribution is 2.27. The Morgan fingerprint density at radius 3 is 2.42 bits per heavy atom. The van der Waals surface area contributed by atoms with Gasteiger partial charge in [-0.3, -0.25) is 4.79 Å². The second-order valence-corrected chi connectivity index (χ2v) is 6.61. The fourth-order valence-electron chi connectivity index (χ4n) is 2.36. The van der Waals surface area contributed by atoms with Crippen LogP contribution >= 0.6 is 11.8 Å². The summed E-state index contributed by atoms with van der Waals surface area (Å²) in [5.74, 6) is 1.56. The number of hydrogen-bond acceptors (Lipinski definition) is 5. The highest BCUT2D eigenvalue weighted by atomic mass is 32.2. The lowest BCUT2D eigenvalue weighted by molar-refractivity contribution is 0.0994. The van der Waals surface area contributed by atoms with Crippen molar-refractivity contribution in [2.45, 2.75) is 17.3 Å². The molecule has 2 aromatic carbocycles. The summed E-state index contributed by atoms with van der Waals surface area (Å²) in [7, 11) is 3.23. The monoisotopic (exact) mass is 342 g/mol. The number of hydrogen-bond donors (Lipinski definition) is 1. The van der Waals surface area contributed by atoms with E-state index in [4.69, 9.17) is 9.47 Å². The van der Waals surface area contributed by atoms with Gasteiger partial charge >= 0.3 is 0 Å². The van der Waals surface area contributed by atoms with Crippen LogP contribution in [0, 0.1) is 0 Å². The van der Waals surface area contributed by atoms with Gasteiger partial charge in [0.25, 0.3) is 0 Å². The number of rotatable bonds is 6. The molecule has 0 spiro atoms. The van der Waals surface area contributed by atoms with Gasteiger partial charge in [-0.2, -0.15) is 0 Å². The molecule has 0 aliphatic carbocycles. The van der Waals surface area contributed by atoms with Crippen molar-refractivity contribution in [3.63, 3.8) is 0 Å². The molecule has 0 saturated heterocycles. The summed E-state index contributed by atoms with van der Waals surface area (Å²) in [6.07, 6.45) is 0. The topological polar surface area (TPSA) is 64.2 Å². The number of aromatic nitrogens is 2. The molecule has 3 rings (SSSR count). The Bertz CT molecular complexity index is 858. The van der Waals surface area contributed by atoms with E-state index in [-0.39, 0.29) is 11.0 Å². The predicted molar refractivity (Wildman–Crippen MR) is 95.3 cm³/mol. The number of ketones is 1. The van der Waals surface area contributed by atoms with Crippen LogP contribution in [0.4, 0.5) is 0 Å². The van der Waals surface area contributed by atoms with Gasteiger partial charge in [-0.05, 0) is 43.3 Å². The standard InChI is InChI=1S/C18H18N2O3S/c1-11(17(21)12-4-6-13(22-2)7-5-12)24-18-19-15-9-8-14(23-3)10-16(15)20-18/h4-11H,1-3H3,(H,19,20)/t11-/m1/s1. The van der Waals surface area contributed by atoms with E-state index in [1.165, 1.54) is 11.8 Å². The van der Waals surface area contributed by atoms with Crippen LogP contribution in [0.2, 0.25) is 0 Å². The van der Waals surface area contributed by atoms with Gasteiger partial charge in [0.15, 0.2) is 10.9 Å². The number of benzene rings is 2. The molecule has 1 atom stereocenters. The van der Waals surface area contributed by atoms with Crippen molar-refractivity contribution in [2.75, 3.05) is 14.2 Å². The molecule has 1 heterocycles. The largest absolute Gasteiger partial charge is 0.497 e. The van der Waals surface area contributed by atoms with Gasteiger partial charge in [-0.15, -0.1) is 0 Å². The molecule has 124 valence electrons. The maximum absolute atomic E-state index is 12.5. The van der Waals surface area contributed by atoms with Gasteiger partial charge in [0.1, 0.15) is 11.5 Å². The Kier molecular flexibility index (Phi) is 4.76. The molecule has 0 bridgehead atoms. The zero-order valence-corrected chi connectivity index (χ0v) is 14.5. The average Bonchev–Trinajstić information content (AvgIpc) is 3.02. The third kappa shape index (κ3) is 3.38. The van der Waals surface area contributed by atoms with Crippen LogP contribution in [0.5, 0.6) is 11.5 Å². The molecule has 0 amide bonds. The number of thioether (sulfide) groups is 1. The van der Waals surface area contributed by atoms with E-state index in [2.05, 4.69) is 9.97 Å². The third-order valence-electron chi connectivity index (χ3n) is 3.70. The average molecular weight is 342 g/mol. The summed E-state index contributed by atoms with van der Waals surface area (Å²) in [5.41, 5.74) is 2.40. The smallest absolute Gasteiger partial charge is 0.175 e. The Balaban J connectivity index is 1.75. The number of fused-ring (bicyclic) bond motifs is 1. The first kappa shape index (κ1) is 16.4. The van der Waals surface area contributed by atoms with E-state index >= 15 is 0 Å². The lowest BCUT2D eigenvalue weighted by Crippen LogP contribution is -2.13. The normalized spacial score (nSPS) is 12.1. The molecule has 24 heavy (non-hydrogen) atoms. The quantitative estimate of drug-likeness (QED) is 0.543. The number of aromatic amines is 1. The van der Waals surface area contributed by atoms with Crippen LogP contribution in [0.25, 0.3) is 11.0 Å². The van der Waals surface area contributed by atoms with Crippen molar-refractivity contribution < 1.29 is 14.3 Å². The molecule has 3 aromatic rings. The van der Waals surface area contributed by atoms with Crippen molar-refractivity contribution in [2.24, 2.45) is 0 Å². The predicted octanol–water partition coefficient (Wildman–Crippen LogP) is 3.94. The lowest BCUT2D eigenvalue weighted by Gasteiger charge is -2.08. The van der Waals surface area contributed by atoms with Gasteiger partial charge in [0, 0.05) is 11.6 Å². The van der Waals surface area contributed by atoms with Crippen LogP contribution in [0.1, 0.15) is 17.3 Å². The zero-order chi connectivity index (χ0) is 17.1. The number of ether oxygens (including phenoxy) is 2. The number of carbonyl (C=O) groups is 1. The second kappa shape index (κ2) is 6.97. The molecule has 6 heteroatoms. The molecular formula is C18H18N2O3S. The molecule has 5 nitrogen and oxygen atoms in total. The lowest BCUT2D eigenvalue weighted by atomic mass is 10.1. The first-order valence-electron chi connectivity index (χ1n) is 7.49. The van der Waals surface area contributed by atoms with Gasteiger partial charge in [0.05, 0.1) is 30.5 Å². The molecule has 0 radical (unpaired) electrons. The maximum Gasteiger partial charge on any atom is 0.175 e. The van der Waals surface area contributed by atoms with Crippen LogP contribution < -0.4 is 9.47 Å². The summed E-state index contributed by atoms with van der Waals surface area (Å²) in [6, 6.07) is 12.8. The number of nitrogens with zero attached hydrogens (tertiary/aromatic N) is 1. The first-order valence-corrected chi connectivity index (χ1v) is 8.37. The summed E-state index contributed by atoms with van der Waals surface area (Å²) in [5, 5.41) is 0.466. The molecule has 0 fully saturated rings. The number of imidazole rings is 1. The SMILES string of the molecule is COc1ccc(C(=O)[C@@H](C)Sc2nc3ccc(OC)cc3[nH]2)cc1. The molecule has 0 aliphatic rings. The maximum atomic E-state index is 12.5. The van der Waals surface area contributed by atoms with Crippen LogP contribution in [-0.4, -0.2) is 35.2 Å². The Hall–Kier alpha value is -2.47. The summed E-state index contributed by atoms with van der Waals surface area (Å²) in [6.45, 7) is 1.88. The third-order valence-corrected chi connectivity index (χ3v) is 4.68. The Morgan fingerprint density at radius 1 is 1.08 bits per heavy atom. The van der Waals surface area contributed by atoms with Crippen molar-refractivity contribution in [3.8, 4) is 11.5 Å². The van der Waals surface area contributed by atoms with Gasteiger partial charge < -0.3 is 14.5 Å². The van der Waals surface area contributed by atoms with Crippen molar-refractivity contribution in [1.29, 1.82) is 0 Å². The van der Waals surface area contributed by atoms with Gasteiger partial charge in [-0.1, -0.05) is 11.8 Å². The van der Waals surface area contributed by atoms with E-state index in [9.17, 15) is 4.79 Å².